The molecule has 0 atom stereocenters. The van der Waals surface area contributed by atoms with Gasteiger partial charge in [-0.2, -0.15) is 0 Å². The van der Waals surface area contributed by atoms with Gasteiger partial charge in [0, 0.05) is 23.6 Å². The Balaban J connectivity index is 2.17. The first-order valence-electron chi connectivity index (χ1n) is 7.51. The van der Waals surface area contributed by atoms with E-state index in [4.69, 9.17) is 0 Å². The molecule has 1 saturated heterocycles. The van der Waals surface area contributed by atoms with Crippen LogP contribution in [0.25, 0.3) is 10.9 Å². The largest absolute Gasteiger partial charge is 0.348 e. The Morgan fingerprint density at radius 1 is 1.26 bits per heavy atom. The lowest BCUT2D eigenvalue weighted by Crippen LogP contribution is -2.26. The Labute approximate surface area is 115 Å². The highest BCUT2D eigenvalue weighted by Gasteiger charge is 2.22. The van der Waals surface area contributed by atoms with Gasteiger partial charge >= 0.3 is 0 Å². The van der Waals surface area contributed by atoms with Crippen molar-refractivity contribution in [3.8, 4) is 0 Å². The molecule has 0 aliphatic carbocycles. The zero-order valence-corrected chi connectivity index (χ0v) is 12.3. The van der Waals surface area contributed by atoms with Gasteiger partial charge in [0.2, 0.25) is 0 Å². The Hall–Kier alpha value is -1.28. The van der Waals surface area contributed by atoms with Crippen LogP contribution in [0, 0.1) is 6.92 Å². The number of aryl methyl sites for hydroxylation is 2. The maximum absolute atomic E-state index is 3.47. The van der Waals surface area contributed by atoms with E-state index in [0.717, 1.165) is 25.4 Å². The van der Waals surface area contributed by atoms with Crippen molar-refractivity contribution in [1.29, 1.82) is 0 Å². The Morgan fingerprint density at radius 2 is 2.00 bits per heavy atom. The van der Waals surface area contributed by atoms with Crippen molar-refractivity contribution < 1.29 is 0 Å². The fraction of sp³-hybridized carbons (Fsp3) is 0.529. The smallest absolute Gasteiger partial charge is 0.0482 e. The van der Waals surface area contributed by atoms with Crippen LogP contribution in [0.5, 0.6) is 0 Å². The minimum atomic E-state index is 0.733. The van der Waals surface area contributed by atoms with Crippen molar-refractivity contribution in [2.45, 2.75) is 39.0 Å². The lowest BCUT2D eigenvalue weighted by Gasteiger charge is -2.23. The van der Waals surface area contributed by atoms with Crippen molar-refractivity contribution in [2.24, 2.45) is 7.05 Å². The zero-order valence-electron chi connectivity index (χ0n) is 12.3. The van der Waals surface area contributed by atoms with Gasteiger partial charge in [0.1, 0.15) is 0 Å². The van der Waals surface area contributed by atoms with E-state index in [1.807, 2.05) is 0 Å². The van der Waals surface area contributed by atoms with Crippen LogP contribution < -0.4 is 5.32 Å². The monoisotopic (exact) mass is 256 g/mol. The number of aromatic nitrogens is 1. The molecule has 1 fully saturated rings. The number of hydrogen-bond donors (Lipinski definition) is 1. The van der Waals surface area contributed by atoms with E-state index in [9.17, 15) is 0 Å². The topological polar surface area (TPSA) is 17.0 Å². The molecule has 2 aromatic rings. The van der Waals surface area contributed by atoms with E-state index in [-0.39, 0.29) is 0 Å². The molecule has 1 N–H and O–H groups in total. The molecule has 1 aliphatic heterocycles. The summed E-state index contributed by atoms with van der Waals surface area (Å²) in [5, 5.41) is 4.97. The van der Waals surface area contributed by atoms with Crippen LogP contribution in [0.1, 0.15) is 42.5 Å². The van der Waals surface area contributed by atoms with E-state index in [2.05, 4.69) is 49.0 Å². The normalized spacial score (nSPS) is 17.2. The molecule has 0 bridgehead atoms. The quantitative estimate of drug-likeness (QED) is 0.870. The number of hydrogen-bond acceptors (Lipinski definition) is 1. The van der Waals surface area contributed by atoms with E-state index in [0.29, 0.717) is 0 Å². The van der Waals surface area contributed by atoms with Gasteiger partial charge in [0.15, 0.2) is 0 Å². The van der Waals surface area contributed by atoms with Gasteiger partial charge < -0.3 is 9.88 Å². The molecule has 3 rings (SSSR count). The van der Waals surface area contributed by atoms with Gasteiger partial charge in [-0.1, -0.05) is 13.0 Å². The molecule has 0 spiro atoms. The van der Waals surface area contributed by atoms with Gasteiger partial charge in [0.25, 0.3) is 0 Å². The highest BCUT2D eigenvalue weighted by atomic mass is 14.9. The molecule has 1 aliphatic rings. The number of nitrogens with zero attached hydrogens (tertiary/aromatic N) is 1. The van der Waals surface area contributed by atoms with Gasteiger partial charge in [-0.05, 0) is 68.5 Å². The van der Waals surface area contributed by atoms with Gasteiger partial charge in [0.05, 0.1) is 0 Å². The van der Waals surface area contributed by atoms with E-state index in [1.54, 1.807) is 5.56 Å². The summed E-state index contributed by atoms with van der Waals surface area (Å²) in [6, 6.07) is 6.99. The summed E-state index contributed by atoms with van der Waals surface area (Å²) in [7, 11) is 2.20. The second-order valence-electron chi connectivity index (χ2n) is 5.79. The third-order valence-corrected chi connectivity index (χ3v) is 4.76. The molecular formula is C17H24N2. The number of piperidine rings is 1. The minimum absolute atomic E-state index is 0.733. The predicted molar refractivity (Wildman–Crippen MR) is 81.9 cm³/mol. The Kier molecular flexibility index (Phi) is 3.36. The molecule has 19 heavy (non-hydrogen) atoms. The van der Waals surface area contributed by atoms with Gasteiger partial charge in [-0.3, -0.25) is 0 Å². The van der Waals surface area contributed by atoms with Crippen LogP contribution in [0.15, 0.2) is 18.2 Å². The Bertz CT molecular complexity index is 589. The van der Waals surface area contributed by atoms with E-state index in [1.165, 1.54) is 35.0 Å². The molecule has 2 nitrogen and oxygen atoms in total. The first-order valence-corrected chi connectivity index (χ1v) is 7.51. The fourth-order valence-electron chi connectivity index (χ4n) is 3.49. The summed E-state index contributed by atoms with van der Waals surface area (Å²) < 4.78 is 2.37. The minimum Gasteiger partial charge on any atom is -0.348 e. The Morgan fingerprint density at radius 3 is 2.68 bits per heavy atom. The fourth-order valence-corrected chi connectivity index (χ4v) is 3.49. The summed E-state index contributed by atoms with van der Waals surface area (Å²) >= 11 is 0. The summed E-state index contributed by atoms with van der Waals surface area (Å²) in [5.74, 6) is 0.733. The lowest BCUT2D eigenvalue weighted by atomic mass is 9.88. The van der Waals surface area contributed by atoms with Crippen molar-refractivity contribution in [3.05, 3.63) is 35.0 Å². The van der Waals surface area contributed by atoms with Gasteiger partial charge in [-0.25, -0.2) is 0 Å². The average Bonchev–Trinajstić information content (AvgIpc) is 2.71. The second kappa shape index (κ2) is 5.01. The van der Waals surface area contributed by atoms with Gasteiger partial charge in [-0.15, -0.1) is 0 Å². The van der Waals surface area contributed by atoms with Crippen LogP contribution in [-0.4, -0.2) is 17.7 Å². The van der Waals surface area contributed by atoms with E-state index >= 15 is 0 Å². The number of nitrogens with one attached hydrogen (secondary N) is 1. The summed E-state index contributed by atoms with van der Waals surface area (Å²) in [4.78, 5) is 0. The van der Waals surface area contributed by atoms with Crippen LogP contribution in [-0.2, 0) is 13.5 Å². The summed E-state index contributed by atoms with van der Waals surface area (Å²) in [5.41, 5.74) is 5.90. The van der Waals surface area contributed by atoms with Crippen molar-refractivity contribution in [3.63, 3.8) is 0 Å². The molecular weight excluding hydrogens is 232 g/mol. The highest BCUT2D eigenvalue weighted by molar-refractivity contribution is 5.86. The van der Waals surface area contributed by atoms with Crippen molar-refractivity contribution in [1.82, 2.24) is 9.88 Å². The summed E-state index contributed by atoms with van der Waals surface area (Å²) in [6.07, 6.45) is 3.67. The zero-order chi connectivity index (χ0) is 13.4. The SMILES string of the molecule is CCc1ccc2c(c1)c(C1CCNCC1)c(C)n2C. The molecule has 0 saturated carbocycles. The summed E-state index contributed by atoms with van der Waals surface area (Å²) in [6.45, 7) is 6.84. The van der Waals surface area contributed by atoms with Crippen LogP contribution in [0.2, 0.25) is 0 Å². The standard InChI is InChI=1S/C17H24N2/c1-4-13-5-6-16-15(11-13)17(12(2)19(16)3)14-7-9-18-10-8-14/h5-6,11,14,18H,4,7-10H2,1-3H3. The maximum Gasteiger partial charge on any atom is 0.0482 e. The van der Waals surface area contributed by atoms with Crippen LogP contribution in [0.3, 0.4) is 0 Å². The highest BCUT2D eigenvalue weighted by Crippen LogP contribution is 2.36. The second-order valence-corrected chi connectivity index (χ2v) is 5.79. The number of benzene rings is 1. The third kappa shape index (κ3) is 2.08. The van der Waals surface area contributed by atoms with E-state index < -0.39 is 0 Å². The maximum atomic E-state index is 3.47. The molecule has 0 radical (unpaired) electrons. The first kappa shape index (κ1) is 12.7. The number of fused-ring (bicyclic) bond motifs is 1. The molecule has 0 unspecified atom stereocenters. The molecule has 1 aromatic heterocycles. The molecule has 102 valence electrons. The molecule has 0 amide bonds. The average molecular weight is 256 g/mol. The lowest BCUT2D eigenvalue weighted by molar-refractivity contribution is 0.460. The van der Waals surface area contributed by atoms with Crippen molar-refractivity contribution in [2.75, 3.05) is 13.1 Å². The predicted octanol–water partition coefficient (Wildman–Crippen LogP) is 3.52. The first-order chi connectivity index (χ1) is 9.22. The third-order valence-electron chi connectivity index (χ3n) is 4.76. The van der Waals surface area contributed by atoms with Crippen LogP contribution in [0.4, 0.5) is 0 Å². The molecule has 2 heteroatoms. The molecule has 1 aromatic carbocycles. The van der Waals surface area contributed by atoms with Crippen LogP contribution >= 0.6 is 0 Å². The van der Waals surface area contributed by atoms with Crippen molar-refractivity contribution >= 4 is 10.9 Å². The molecule has 2 heterocycles. The number of rotatable bonds is 2.